The standard InChI is InChI=1S/C9H21N.C2H6/c1-5-9(8(3)4)7-10-6-2;1-2/h8-10H,5-7H2,1-4H3;1-2H3. The van der Waals surface area contributed by atoms with Gasteiger partial charge in [0.25, 0.3) is 0 Å². The van der Waals surface area contributed by atoms with E-state index in [4.69, 9.17) is 0 Å². The normalized spacial score (nSPS) is 12.2. The third kappa shape index (κ3) is 8.06. The SMILES string of the molecule is CC.CCNCC(CC)C(C)C. The van der Waals surface area contributed by atoms with Gasteiger partial charge in [0.15, 0.2) is 0 Å². The second-order valence-electron chi connectivity index (χ2n) is 3.22. The van der Waals surface area contributed by atoms with Gasteiger partial charge in [-0.2, -0.15) is 0 Å². The van der Waals surface area contributed by atoms with Crippen LogP contribution in [0.3, 0.4) is 0 Å². The average molecular weight is 173 g/mol. The predicted molar refractivity (Wildman–Crippen MR) is 58.5 cm³/mol. The quantitative estimate of drug-likeness (QED) is 0.672. The van der Waals surface area contributed by atoms with Crippen LogP contribution in [0.2, 0.25) is 0 Å². The second-order valence-corrected chi connectivity index (χ2v) is 3.22. The fraction of sp³-hybridized carbons (Fsp3) is 1.00. The van der Waals surface area contributed by atoms with Crippen molar-refractivity contribution in [3.05, 3.63) is 0 Å². The highest BCUT2D eigenvalue weighted by Crippen LogP contribution is 2.12. The van der Waals surface area contributed by atoms with E-state index in [1.807, 2.05) is 13.8 Å². The minimum atomic E-state index is 0.823. The molecule has 0 aliphatic carbocycles. The molecule has 1 N–H and O–H groups in total. The molecule has 0 aliphatic rings. The minimum Gasteiger partial charge on any atom is -0.317 e. The van der Waals surface area contributed by atoms with E-state index in [2.05, 4.69) is 33.0 Å². The van der Waals surface area contributed by atoms with Gasteiger partial charge < -0.3 is 5.32 Å². The maximum absolute atomic E-state index is 3.38. The molecule has 0 fully saturated rings. The largest absolute Gasteiger partial charge is 0.317 e. The molecular formula is C11H27N. The Morgan fingerprint density at radius 2 is 1.58 bits per heavy atom. The molecule has 1 heteroatoms. The molecule has 12 heavy (non-hydrogen) atoms. The van der Waals surface area contributed by atoms with Crippen molar-refractivity contribution in [2.45, 2.75) is 48.0 Å². The zero-order valence-corrected chi connectivity index (χ0v) is 9.78. The van der Waals surface area contributed by atoms with Crippen LogP contribution >= 0.6 is 0 Å². The van der Waals surface area contributed by atoms with Gasteiger partial charge in [0.2, 0.25) is 0 Å². The van der Waals surface area contributed by atoms with Crippen molar-refractivity contribution >= 4 is 0 Å². The van der Waals surface area contributed by atoms with E-state index in [1.165, 1.54) is 13.0 Å². The molecule has 0 rings (SSSR count). The number of hydrogen-bond acceptors (Lipinski definition) is 1. The molecule has 0 saturated carbocycles. The van der Waals surface area contributed by atoms with Gasteiger partial charge in [0, 0.05) is 0 Å². The van der Waals surface area contributed by atoms with Gasteiger partial charge in [0.05, 0.1) is 0 Å². The average Bonchev–Trinajstić information content (AvgIpc) is 2.09. The van der Waals surface area contributed by atoms with E-state index in [0.29, 0.717) is 0 Å². The van der Waals surface area contributed by atoms with Crippen LogP contribution in [0.5, 0.6) is 0 Å². The van der Waals surface area contributed by atoms with E-state index in [-0.39, 0.29) is 0 Å². The van der Waals surface area contributed by atoms with E-state index < -0.39 is 0 Å². The summed E-state index contributed by atoms with van der Waals surface area (Å²) in [5.41, 5.74) is 0. The van der Waals surface area contributed by atoms with Crippen molar-refractivity contribution in [1.82, 2.24) is 5.32 Å². The van der Waals surface area contributed by atoms with Crippen molar-refractivity contribution in [2.24, 2.45) is 11.8 Å². The minimum absolute atomic E-state index is 0.823. The highest BCUT2D eigenvalue weighted by molar-refractivity contribution is 4.63. The number of hydrogen-bond donors (Lipinski definition) is 1. The predicted octanol–water partition coefficient (Wildman–Crippen LogP) is 3.30. The van der Waals surface area contributed by atoms with E-state index >= 15 is 0 Å². The van der Waals surface area contributed by atoms with Crippen LogP contribution in [0.4, 0.5) is 0 Å². The van der Waals surface area contributed by atoms with Crippen LogP contribution in [0, 0.1) is 11.8 Å². The molecule has 0 heterocycles. The summed E-state index contributed by atoms with van der Waals surface area (Å²) in [7, 11) is 0. The van der Waals surface area contributed by atoms with E-state index in [9.17, 15) is 0 Å². The summed E-state index contributed by atoms with van der Waals surface area (Å²) in [4.78, 5) is 0. The third-order valence-electron chi connectivity index (χ3n) is 2.12. The van der Waals surface area contributed by atoms with Crippen LogP contribution in [0.1, 0.15) is 48.0 Å². The molecule has 0 spiro atoms. The maximum Gasteiger partial charge on any atom is -0.00183 e. The molecule has 1 atom stereocenters. The summed E-state index contributed by atoms with van der Waals surface area (Å²) in [6.07, 6.45) is 1.30. The first-order valence-corrected chi connectivity index (χ1v) is 5.43. The molecule has 0 aromatic heterocycles. The van der Waals surface area contributed by atoms with Gasteiger partial charge in [0.1, 0.15) is 0 Å². The van der Waals surface area contributed by atoms with Crippen LogP contribution in [-0.4, -0.2) is 13.1 Å². The molecule has 1 nitrogen and oxygen atoms in total. The summed E-state index contributed by atoms with van der Waals surface area (Å²) in [5, 5.41) is 3.38. The second kappa shape index (κ2) is 11.0. The lowest BCUT2D eigenvalue weighted by molar-refractivity contribution is 0.355. The lowest BCUT2D eigenvalue weighted by atomic mass is 9.93. The Morgan fingerprint density at radius 1 is 1.08 bits per heavy atom. The summed E-state index contributed by atoms with van der Waals surface area (Å²) in [5.74, 6) is 1.68. The molecule has 0 amide bonds. The van der Waals surface area contributed by atoms with Gasteiger partial charge >= 0.3 is 0 Å². The fourth-order valence-corrected chi connectivity index (χ4v) is 1.18. The van der Waals surface area contributed by atoms with Crippen LogP contribution < -0.4 is 5.32 Å². The Morgan fingerprint density at radius 3 is 1.83 bits per heavy atom. The fourth-order valence-electron chi connectivity index (χ4n) is 1.18. The molecular weight excluding hydrogens is 146 g/mol. The van der Waals surface area contributed by atoms with Crippen molar-refractivity contribution in [3.8, 4) is 0 Å². The molecule has 76 valence electrons. The summed E-state index contributed by atoms with van der Waals surface area (Å²) < 4.78 is 0. The number of rotatable bonds is 5. The first-order chi connectivity index (χ1) is 5.72. The molecule has 0 saturated heterocycles. The maximum atomic E-state index is 3.38. The monoisotopic (exact) mass is 173 g/mol. The molecule has 0 aliphatic heterocycles. The Balaban J connectivity index is 0. The van der Waals surface area contributed by atoms with Gasteiger partial charge in [-0.25, -0.2) is 0 Å². The van der Waals surface area contributed by atoms with Crippen molar-refractivity contribution in [1.29, 1.82) is 0 Å². The molecule has 0 radical (unpaired) electrons. The highest BCUT2D eigenvalue weighted by Gasteiger charge is 2.08. The first kappa shape index (κ1) is 14.5. The van der Waals surface area contributed by atoms with Crippen molar-refractivity contribution in [3.63, 3.8) is 0 Å². The zero-order chi connectivity index (χ0) is 9.98. The molecule has 0 bridgehead atoms. The summed E-state index contributed by atoms with van der Waals surface area (Å²) >= 11 is 0. The Bertz CT molecular complexity index is 69.4. The van der Waals surface area contributed by atoms with Crippen molar-refractivity contribution in [2.75, 3.05) is 13.1 Å². The summed E-state index contributed by atoms with van der Waals surface area (Å²) in [6, 6.07) is 0. The van der Waals surface area contributed by atoms with Crippen LogP contribution in [0.25, 0.3) is 0 Å². The van der Waals surface area contributed by atoms with E-state index in [0.717, 1.165) is 18.4 Å². The lowest BCUT2D eigenvalue weighted by Gasteiger charge is -2.18. The van der Waals surface area contributed by atoms with E-state index in [1.54, 1.807) is 0 Å². The highest BCUT2D eigenvalue weighted by atomic mass is 14.8. The van der Waals surface area contributed by atoms with Gasteiger partial charge in [-0.15, -0.1) is 0 Å². The Kier molecular flexibility index (Phi) is 13.2. The molecule has 0 aromatic rings. The zero-order valence-electron chi connectivity index (χ0n) is 9.78. The first-order valence-electron chi connectivity index (χ1n) is 5.43. The smallest absolute Gasteiger partial charge is 0.00183 e. The van der Waals surface area contributed by atoms with Crippen LogP contribution in [-0.2, 0) is 0 Å². The topological polar surface area (TPSA) is 12.0 Å². The van der Waals surface area contributed by atoms with Gasteiger partial charge in [-0.1, -0.05) is 48.0 Å². The lowest BCUT2D eigenvalue weighted by Crippen LogP contribution is -2.25. The summed E-state index contributed by atoms with van der Waals surface area (Å²) in [6.45, 7) is 15.3. The van der Waals surface area contributed by atoms with Crippen molar-refractivity contribution < 1.29 is 0 Å². The third-order valence-corrected chi connectivity index (χ3v) is 2.12. The molecule has 0 aromatic carbocycles. The Hall–Kier alpha value is -0.0400. The molecule has 1 unspecified atom stereocenters. The van der Waals surface area contributed by atoms with Crippen LogP contribution in [0.15, 0.2) is 0 Å². The van der Waals surface area contributed by atoms with Gasteiger partial charge in [-0.05, 0) is 24.9 Å². The van der Waals surface area contributed by atoms with Gasteiger partial charge in [-0.3, -0.25) is 0 Å². The Labute approximate surface area is 78.9 Å². The number of nitrogens with one attached hydrogen (secondary N) is 1.